The van der Waals surface area contributed by atoms with Crippen molar-refractivity contribution in [3.8, 4) is 0 Å². The second kappa shape index (κ2) is 5.83. The smallest absolute Gasteiger partial charge is 0.212 e. The van der Waals surface area contributed by atoms with E-state index in [0.29, 0.717) is 17.7 Å². The van der Waals surface area contributed by atoms with Crippen molar-refractivity contribution in [1.82, 2.24) is 4.72 Å². The van der Waals surface area contributed by atoms with Gasteiger partial charge in [0, 0.05) is 10.9 Å². The maximum atomic E-state index is 11.8. The van der Waals surface area contributed by atoms with Crippen LogP contribution in [0.15, 0.2) is 0 Å². The third-order valence-electron chi connectivity index (χ3n) is 3.19. The molecule has 1 rings (SSSR count). The Bertz CT molecular complexity index is 318. The van der Waals surface area contributed by atoms with Crippen molar-refractivity contribution in [3.63, 3.8) is 0 Å². The highest BCUT2D eigenvalue weighted by Gasteiger charge is 2.37. The Hall–Kier alpha value is 0.390. The number of hydrogen-bond acceptors (Lipinski definition) is 2. The molecule has 0 amide bonds. The van der Waals surface area contributed by atoms with Gasteiger partial charge in [-0.05, 0) is 25.2 Å². The zero-order chi connectivity index (χ0) is 12.2. The standard InChI is InChI=1S/C11H22BrNO2S/c1-3-7-16(14,15)13-11(9-12)6-4-5-10(2)8-11/h10,13H,3-9H2,1-2H3. The summed E-state index contributed by atoms with van der Waals surface area (Å²) in [5.41, 5.74) is -0.244. The van der Waals surface area contributed by atoms with E-state index in [1.54, 1.807) is 0 Å². The van der Waals surface area contributed by atoms with Crippen LogP contribution in [-0.2, 0) is 10.0 Å². The van der Waals surface area contributed by atoms with Crippen molar-refractivity contribution in [2.24, 2.45) is 5.92 Å². The number of nitrogens with one attached hydrogen (secondary N) is 1. The number of halogens is 1. The highest BCUT2D eigenvalue weighted by molar-refractivity contribution is 9.09. The second-order valence-electron chi connectivity index (χ2n) is 5.04. The van der Waals surface area contributed by atoms with E-state index in [-0.39, 0.29) is 11.3 Å². The molecule has 1 aliphatic carbocycles. The average Bonchev–Trinajstić information content (AvgIpc) is 2.16. The maximum absolute atomic E-state index is 11.8. The first kappa shape index (κ1) is 14.5. The van der Waals surface area contributed by atoms with Gasteiger partial charge in [-0.25, -0.2) is 13.1 Å². The van der Waals surface area contributed by atoms with Crippen LogP contribution in [0.3, 0.4) is 0 Å². The fourth-order valence-corrected chi connectivity index (χ4v) is 4.94. The predicted octanol–water partition coefficient (Wildman–Crippen LogP) is 2.66. The topological polar surface area (TPSA) is 46.2 Å². The fraction of sp³-hybridized carbons (Fsp3) is 1.00. The normalized spacial score (nSPS) is 31.6. The molecular formula is C11H22BrNO2S. The predicted molar refractivity (Wildman–Crippen MR) is 71.4 cm³/mol. The summed E-state index contributed by atoms with van der Waals surface area (Å²) in [6.07, 6.45) is 4.89. The zero-order valence-electron chi connectivity index (χ0n) is 10.1. The number of sulfonamides is 1. The Kier molecular flexibility index (Phi) is 5.26. The van der Waals surface area contributed by atoms with Gasteiger partial charge < -0.3 is 0 Å². The molecule has 2 unspecified atom stereocenters. The molecule has 0 bridgehead atoms. The van der Waals surface area contributed by atoms with E-state index in [9.17, 15) is 8.42 Å². The molecular weight excluding hydrogens is 290 g/mol. The van der Waals surface area contributed by atoms with E-state index in [0.717, 1.165) is 19.3 Å². The van der Waals surface area contributed by atoms with Crippen LogP contribution >= 0.6 is 15.9 Å². The molecule has 5 heteroatoms. The van der Waals surface area contributed by atoms with Crippen LogP contribution in [0, 0.1) is 5.92 Å². The molecule has 2 atom stereocenters. The third kappa shape index (κ3) is 4.00. The van der Waals surface area contributed by atoms with Crippen molar-refractivity contribution in [1.29, 1.82) is 0 Å². The minimum Gasteiger partial charge on any atom is -0.212 e. The van der Waals surface area contributed by atoms with E-state index in [4.69, 9.17) is 0 Å². The van der Waals surface area contributed by atoms with Crippen molar-refractivity contribution in [2.75, 3.05) is 11.1 Å². The first-order valence-electron chi connectivity index (χ1n) is 6.01. The lowest BCUT2D eigenvalue weighted by Crippen LogP contribution is -2.53. The largest absolute Gasteiger partial charge is 0.212 e. The van der Waals surface area contributed by atoms with Crippen LogP contribution < -0.4 is 4.72 Å². The number of alkyl halides is 1. The van der Waals surface area contributed by atoms with Gasteiger partial charge in [-0.15, -0.1) is 0 Å². The van der Waals surface area contributed by atoms with E-state index >= 15 is 0 Å². The molecule has 1 N–H and O–H groups in total. The lowest BCUT2D eigenvalue weighted by atomic mass is 9.78. The van der Waals surface area contributed by atoms with Crippen molar-refractivity contribution in [2.45, 2.75) is 51.5 Å². The molecule has 0 aromatic heterocycles. The molecule has 0 aromatic rings. The quantitative estimate of drug-likeness (QED) is 0.793. The Morgan fingerprint density at radius 1 is 1.50 bits per heavy atom. The van der Waals surface area contributed by atoms with Crippen LogP contribution in [0.4, 0.5) is 0 Å². The molecule has 0 spiro atoms. The Morgan fingerprint density at radius 2 is 2.19 bits per heavy atom. The van der Waals surface area contributed by atoms with E-state index in [2.05, 4.69) is 27.6 Å². The van der Waals surface area contributed by atoms with Gasteiger partial charge in [0.25, 0.3) is 0 Å². The monoisotopic (exact) mass is 311 g/mol. The summed E-state index contributed by atoms with van der Waals surface area (Å²) >= 11 is 3.47. The summed E-state index contributed by atoms with van der Waals surface area (Å²) in [7, 11) is -3.11. The average molecular weight is 312 g/mol. The Morgan fingerprint density at radius 3 is 2.69 bits per heavy atom. The minimum absolute atomic E-state index is 0.232. The Balaban J connectivity index is 2.73. The van der Waals surface area contributed by atoms with E-state index in [1.165, 1.54) is 6.42 Å². The number of hydrogen-bond donors (Lipinski definition) is 1. The van der Waals surface area contributed by atoms with Crippen LogP contribution in [-0.4, -0.2) is 25.0 Å². The molecule has 0 heterocycles. The van der Waals surface area contributed by atoms with Gasteiger partial charge in [-0.3, -0.25) is 0 Å². The Labute approximate surface area is 108 Å². The molecule has 0 saturated heterocycles. The van der Waals surface area contributed by atoms with Crippen LogP contribution in [0.1, 0.15) is 46.0 Å². The van der Waals surface area contributed by atoms with Crippen LogP contribution in [0.2, 0.25) is 0 Å². The van der Waals surface area contributed by atoms with Crippen LogP contribution in [0.25, 0.3) is 0 Å². The van der Waals surface area contributed by atoms with Gasteiger partial charge in [0.1, 0.15) is 0 Å². The first-order valence-corrected chi connectivity index (χ1v) is 8.78. The fourth-order valence-electron chi connectivity index (χ4n) is 2.55. The summed E-state index contributed by atoms with van der Waals surface area (Å²) in [6.45, 7) is 4.09. The van der Waals surface area contributed by atoms with Gasteiger partial charge in [-0.2, -0.15) is 0 Å². The van der Waals surface area contributed by atoms with E-state index in [1.807, 2.05) is 6.92 Å². The lowest BCUT2D eigenvalue weighted by Gasteiger charge is -2.39. The summed E-state index contributed by atoms with van der Waals surface area (Å²) in [5, 5.41) is 0.716. The number of rotatable bonds is 5. The molecule has 1 saturated carbocycles. The summed E-state index contributed by atoms with van der Waals surface area (Å²) in [5.74, 6) is 0.839. The van der Waals surface area contributed by atoms with Crippen molar-refractivity contribution in [3.05, 3.63) is 0 Å². The molecule has 1 aliphatic rings. The van der Waals surface area contributed by atoms with Crippen LogP contribution in [0.5, 0.6) is 0 Å². The molecule has 16 heavy (non-hydrogen) atoms. The highest BCUT2D eigenvalue weighted by Crippen LogP contribution is 2.34. The SMILES string of the molecule is CCCS(=O)(=O)NC1(CBr)CCCC(C)C1. The third-order valence-corrected chi connectivity index (χ3v) is 5.96. The summed E-state index contributed by atoms with van der Waals surface area (Å²) in [6, 6.07) is 0. The molecule has 0 radical (unpaired) electrons. The minimum atomic E-state index is -3.11. The van der Waals surface area contributed by atoms with Crippen molar-refractivity contribution >= 4 is 26.0 Å². The molecule has 0 aliphatic heterocycles. The first-order chi connectivity index (χ1) is 7.43. The second-order valence-corrected chi connectivity index (χ2v) is 7.44. The zero-order valence-corrected chi connectivity index (χ0v) is 12.5. The molecule has 96 valence electrons. The van der Waals surface area contributed by atoms with Gasteiger partial charge in [0.15, 0.2) is 0 Å². The van der Waals surface area contributed by atoms with Gasteiger partial charge >= 0.3 is 0 Å². The molecule has 1 fully saturated rings. The summed E-state index contributed by atoms with van der Waals surface area (Å²) in [4.78, 5) is 0. The van der Waals surface area contributed by atoms with Gasteiger partial charge in [-0.1, -0.05) is 42.6 Å². The maximum Gasteiger partial charge on any atom is 0.212 e. The van der Waals surface area contributed by atoms with Gasteiger partial charge in [0.2, 0.25) is 10.0 Å². The van der Waals surface area contributed by atoms with Crippen molar-refractivity contribution < 1.29 is 8.42 Å². The highest BCUT2D eigenvalue weighted by atomic mass is 79.9. The lowest BCUT2D eigenvalue weighted by molar-refractivity contribution is 0.241. The molecule has 3 nitrogen and oxygen atoms in total. The molecule has 0 aromatic carbocycles. The summed E-state index contributed by atoms with van der Waals surface area (Å²) < 4.78 is 26.6. The van der Waals surface area contributed by atoms with Gasteiger partial charge in [0.05, 0.1) is 5.75 Å². The van der Waals surface area contributed by atoms with E-state index < -0.39 is 10.0 Å².